The van der Waals surface area contributed by atoms with Crippen molar-refractivity contribution >= 4 is 28.7 Å². The van der Waals surface area contributed by atoms with Crippen LogP contribution in [0.3, 0.4) is 0 Å². The zero-order valence-electron chi connectivity index (χ0n) is 10.4. The number of hydrogen-bond donors (Lipinski definition) is 4. The highest BCUT2D eigenvalue weighted by atomic mass is 16.4. The molecule has 0 fully saturated rings. The fraction of sp³-hybridized carbons (Fsp3) is 0.154. The lowest BCUT2D eigenvalue weighted by molar-refractivity contribution is -0.140. The van der Waals surface area contributed by atoms with Gasteiger partial charge in [0.1, 0.15) is 6.04 Å². The number of carboxylic acid groups (broad SMARTS) is 1. The molecule has 1 atom stereocenters. The fourth-order valence-electron chi connectivity index (χ4n) is 1.90. The van der Waals surface area contributed by atoms with Gasteiger partial charge in [-0.15, -0.1) is 0 Å². The molecule has 0 aliphatic carbocycles. The number of para-hydroxylation sites is 1. The van der Waals surface area contributed by atoms with Gasteiger partial charge in [0.2, 0.25) is 5.91 Å². The Labute approximate surface area is 113 Å². The number of carboxylic acids is 1. The number of fused-ring (bicyclic) bond motifs is 1. The number of amides is 2. The maximum atomic E-state index is 12.1. The molecule has 2 rings (SSSR count). The molecule has 0 saturated heterocycles. The highest BCUT2D eigenvalue weighted by molar-refractivity contribution is 6.07. The first-order valence-electron chi connectivity index (χ1n) is 5.87. The average molecular weight is 275 g/mol. The number of benzene rings is 1. The third-order valence-corrected chi connectivity index (χ3v) is 2.84. The van der Waals surface area contributed by atoms with Crippen LogP contribution in [0.25, 0.3) is 10.9 Å². The number of carbonyl (C=O) groups is 3. The van der Waals surface area contributed by atoms with Gasteiger partial charge in [0.15, 0.2) is 0 Å². The summed E-state index contributed by atoms with van der Waals surface area (Å²) in [5.41, 5.74) is 6.04. The highest BCUT2D eigenvalue weighted by Crippen LogP contribution is 2.17. The number of H-pyrrole nitrogens is 1. The number of hydrogen-bond acceptors (Lipinski definition) is 3. The molecule has 0 spiro atoms. The van der Waals surface area contributed by atoms with Crippen LogP contribution in [0.1, 0.15) is 16.8 Å². The third kappa shape index (κ3) is 2.77. The lowest BCUT2D eigenvalue weighted by Gasteiger charge is -2.12. The standard InChI is InChI=1S/C13H13N3O4/c14-11(17)5-10(13(19)20)16-12(18)8-6-15-9-4-2-1-3-7(8)9/h1-4,6,10,15H,5H2,(H2,14,17)(H,16,18)(H,19,20). The van der Waals surface area contributed by atoms with Crippen LogP contribution in [0.2, 0.25) is 0 Å². The first-order valence-corrected chi connectivity index (χ1v) is 5.87. The van der Waals surface area contributed by atoms with E-state index in [0.717, 1.165) is 5.52 Å². The third-order valence-electron chi connectivity index (χ3n) is 2.84. The predicted octanol–water partition coefficient (Wildman–Crippen LogP) is 0.226. The van der Waals surface area contributed by atoms with E-state index in [9.17, 15) is 14.4 Å². The molecule has 1 unspecified atom stereocenters. The van der Waals surface area contributed by atoms with Crippen molar-refractivity contribution in [2.45, 2.75) is 12.5 Å². The van der Waals surface area contributed by atoms with Gasteiger partial charge < -0.3 is 21.1 Å². The SMILES string of the molecule is NC(=O)CC(NC(=O)c1c[nH]c2ccccc12)C(=O)O. The van der Waals surface area contributed by atoms with E-state index in [-0.39, 0.29) is 0 Å². The van der Waals surface area contributed by atoms with Gasteiger partial charge in [0.25, 0.3) is 5.91 Å². The van der Waals surface area contributed by atoms with E-state index in [1.165, 1.54) is 6.20 Å². The average Bonchev–Trinajstić information content (AvgIpc) is 2.81. The van der Waals surface area contributed by atoms with E-state index >= 15 is 0 Å². The maximum Gasteiger partial charge on any atom is 0.326 e. The molecule has 1 aromatic carbocycles. The van der Waals surface area contributed by atoms with Crippen LogP contribution in [0.4, 0.5) is 0 Å². The van der Waals surface area contributed by atoms with Crippen molar-refractivity contribution in [1.82, 2.24) is 10.3 Å². The quantitative estimate of drug-likeness (QED) is 0.623. The first-order chi connectivity index (χ1) is 9.49. The zero-order chi connectivity index (χ0) is 14.7. The van der Waals surface area contributed by atoms with Crippen molar-refractivity contribution in [3.8, 4) is 0 Å². The van der Waals surface area contributed by atoms with E-state index in [1.54, 1.807) is 18.2 Å². The summed E-state index contributed by atoms with van der Waals surface area (Å²) >= 11 is 0. The number of aromatic nitrogens is 1. The molecule has 1 heterocycles. The number of aromatic amines is 1. The van der Waals surface area contributed by atoms with Crippen molar-refractivity contribution < 1.29 is 19.5 Å². The van der Waals surface area contributed by atoms with Crippen LogP contribution in [-0.4, -0.2) is 33.9 Å². The summed E-state index contributed by atoms with van der Waals surface area (Å²) < 4.78 is 0. The van der Waals surface area contributed by atoms with Gasteiger partial charge in [-0.1, -0.05) is 18.2 Å². The second kappa shape index (κ2) is 5.43. The van der Waals surface area contributed by atoms with E-state index in [1.807, 2.05) is 6.07 Å². The van der Waals surface area contributed by atoms with Crippen molar-refractivity contribution in [1.29, 1.82) is 0 Å². The number of nitrogens with two attached hydrogens (primary N) is 1. The van der Waals surface area contributed by atoms with Crippen LogP contribution < -0.4 is 11.1 Å². The van der Waals surface area contributed by atoms with Gasteiger partial charge in [0, 0.05) is 17.1 Å². The van der Waals surface area contributed by atoms with Crippen LogP contribution in [-0.2, 0) is 9.59 Å². The van der Waals surface area contributed by atoms with Crippen LogP contribution in [0.15, 0.2) is 30.5 Å². The molecular weight excluding hydrogens is 262 g/mol. The summed E-state index contributed by atoms with van der Waals surface area (Å²) in [4.78, 5) is 36.8. The molecular formula is C13H13N3O4. The second-order valence-electron chi connectivity index (χ2n) is 4.28. The van der Waals surface area contributed by atoms with Gasteiger partial charge >= 0.3 is 5.97 Å². The molecule has 2 aromatic rings. The Bertz CT molecular complexity index is 677. The normalized spacial score (nSPS) is 12.0. The summed E-state index contributed by atoms with van der Waals surface area (Å²) in [6.07, 6.45) is 1.03. The zero-order valence-corrected chi connectivity index (χ0v) is 10.4. The summed E-state index contributed by atoms with van der Waals surface area (Å²) in [7, 11) is 0. The van der Waals surface area contributed by atoms with E-state index in [4.69, 9.17) is 10.8 Å². The predicted molar refractivity (Wildman–Crippen MR) is 71.0 cm³/mol. The Morgan fingerprint density at radius 3 is 2.65 bits per heavy atom. The number of carbonyl (C=O) groups excluding carboxylic acids is 2. The van der Waals surface area contributed by atoms with Gasteiger partial charge in [-0.3, -0.25) is 9.59 Å². The summed E-state index contributed by atoms with van der Waals surface area (Å²) in [5, 5.41) is 11.9. The Kier molecular flexibility index (Phi) is 3.69. The van der Waals surface area contributed by atoms with Crippen LogP contribution >= 0.6 is 0 Å². The molecule has 20 heavy (non-hydrogen) atoms. The molecule has 0 aliphatic rings. The van der Waals surface area contributed by atoms with Gasteiger partial charge in [-0.05, 0) is 6.07 Å². The van der Waals surface area contributed by atoms with E-state index in [2.05, 4.69) is 10.3 Å². The van der Waals surface area contributed by atoms with Gasteiger partial charge in [0.05, 0.1) is 12.0 Å². The molecule has 2 amide bonds. The first kappa shape index (κ1) is 13.6. The molecule has 5 N–H and O–H groups in total. The largest absolute Gasteiger partial charge is 0.480 e. The van der Waals surface area contributed by atoms with Gasteiger partial charge in [-0.25, -0.2) is 4.79 Å². The topological polar surface area (TPSA) is 125 Å². The van der Waals surface area contributed by atoms with Gasteiger partial charge in [-0.2, -0.15) is 0 Å². The molecule has 0 saturated carbocycles. The molecule has 7 heteroatoms. The fourth-order valence-corrected chi connectivity index (χ4v) is 1.90. The Morgan fingerprint density at radius 1 is 1.30 bits per heavy atom. The summed E-state index contributed by atoms with van der Waals surface area (Å²) in [6, 6.07) is 5.78. The van der Waals surface area contributed by atoms with Crippen molar-refractivity contribution in [3.05, 3.63) is 36.0 Å². The Balaban J connectivity index is 2.22. The smallest absolute Gasteiger partial charge is 0.326 e. The lowest BCUT2D eigenvalue weighted by Crippen LogP contribution is -2.43. The van der Waals surface area contributed by atoms with E-state index in [0.29, 0.717) is 10.9 Å². The number of rotatable bonds is 5. The summed E-state index contributed by atoms with van der Waals surface area (Å²) in [6.45, 7) is 0. The number of nitrogens with one attached hydrogen (secondary N) is 2. The number of aliphatic carboxylic acids is 1. The summed E-state index contributed by atoms with van der Waals surface area (Å²) in [5.74, 6) is -2.68. The Morgan fingerprint density at radius 2 is 2.00 bits per heavy atom. The monoisotopic (exact) mass is 275 g/mol. The van der Waals surface area contributed by atoms with Crippen LogP contribution in [0, 0.1) is 0 Å². The Hall–Kier alpha value is -2.83. The van der Waals surface area contributed by atoms with E-state index < -0.39 is 30.2 Å². The molecule has 0 aliphatic heterocycles. The minimum absolute atomic E-state index is 0.316. The van der Waals surface area contributed by atoms with Crippen LogP contribution in [0.5, 0.6) is 0 Å². The molecule has 0 bridgehead atoms. The van der Waals surface area contributed by atoms with Crippen molar-refractivity contribution in [2.24, 2.45) is 5.73 Å². The number of primary amides is 1. The lowest BCUT2D eigenvalue weighted by atomic mass is 10.1. The minimum Gasteiger partial charge on any atom is -0.480 e. The molecule has 7 nitrogen and oxygen atoms in total. The minimum atomic E-state index is -1.34. The maximum absolute atomic E-state index is 12.1. The highest BCUT2D eigenvalue weighted by Gasteiger charge is 2.23. The molecule has 0 radical (unpaired) electrons. The molecule has 104 valence electrons. The van der Waals surface area contributed by atoms with Crippen molar-refractivity contribution in [2.75, 3.05) is 0 Å². The molecule has 1 aromatic heterocycles. The second-order valence-corrected chi connectivity index (χ2v) is 4.28. The van der Waals surface area contributed by atoms with Crippen molar-refractivity contribution in [3.63, 3.8) is 0 Å².